The van der Waals surface area contributed by atoms with Gasteiger partial charge in [-0.3, -0.25) is 4.79 Å². The molecule has 6 heteroatoms. The number of nitrogens with one attached hydrogen (secondary N) is 1. The highest BCUT2D eigenvalue weighted by Gasteiger charge is 2.31. The number of aliphatic hydroxyl groups excluding tert-OH is 2. The monoisotopic (exact) mass is 309 g/mol. The van der Waals surface area contributed by atoms with Crippen LogP contribution in [0.5, 0.6) is 5.75 Å². The summed E-state index contributed by atoms with van der Waals surface area (Å²) in [4.78, 5) is 11.9. The first-order valence-corrected chi connectivity index (χ1v) is 7.43. The van der Waals surface area contributed by atoms with Gasteiger partial charge in [0, 0.05) is 18.9 Å². The van der Waals surface area contributed by atoms with Crippen LogP contribution < -0.4 is 10.1 Å². The lowest BCUT2D eigenvalue weighted by Crippen LogP contribution is -2.48. The number of ether oxygens (including phenoxy) is 2. The molecular weight excluding hydrogens is 286 g/mol. The zero-order valence-electron chi connectivity index (χ0n) is 12.7. The summed E-state index contributed by atoms with van der Waals surface area (Å²) in [6.07, 6.45) is -0.755. The van der Waals surface area contributed by atoms with E-state index in [1.165, 1.54) is 0 Å². The highest BCUT2D eigenvalue weighted by Crippen LogP contribution is 2.15. The van der Waals surface area contributed by atoms with Crippen LogP contribution in [0.4, 0.5) is 0 Å². The molecule has 1 fully saturated rings. The van der Waals surface area contributed by atoms with E-state index in [9.17, 15) is 15.0 Å². The summed E-state index contributed by atoms with van der Waals surface area (Å²) in [6.45, 7) is 0.783. The van der Waals surface area contributed by atoms with Crippen LogP contribution in [0.3, 0.4) is 0 Å². The van der Waals surface area contributed by atoms with Crippen molar-refractivity contribution in [3.63, 3.8) is 0 Å². The molecule has 0 spiro atoms. The Morgan fingerprint density at radius 2 is 2.23 bits per heavy atom. The van der Waals surface area contributed by atoms with Gasteiger partial charge in [0.25, 0.3) is 0 Å². The van der Waals surface area contributed by atoms with Gasteiger partial charge in [-0.05, 0) is 24.1 Å². The fraction of sp³-hybridized carbons (Fsp3) is 0.562. The van der Waals surface area contributed by atoms with E-state index >= 15 is 0 Å². The normalized spacial score (nSPS) is 24.8. The van der Waals surface area contributed by atoms with Crippen LogP contribution in [0, 0.1) is 5.92 Å². The summed E-state index contributed by atoms with van der Waals surface area (Å²) in [5.41, 5.74) is 1.03. The minimum Gasteiger partial charge on any atom is -0.497 e. The zero-order chi connectivity index (χ0) is 15.9. The molecule has 3 N–H and O–H groups in total. The van der Waals surface area contributed by atoms with Crippen molar-refractivity contribution in [1.82, 2.24) is 5.32 Å². The number of carbonyl (C=O) groups excluding carboxylic acids is 1. The molecular formula is C16H23NO5. The van der Waals surface area contributed by atoms with Crippen LogP contribution in [0.25, 0.3) is 0 Å². The third-order valence-electron chi connectivity index (χ3n) is 3.83. The van der Waals surface area contributed by atoms with Crippen molar-refractivity contribution < 1.29 is 24.5 Å². The molecule has 1 aliphatic heterocycles. The van der Waals surface area contributed by atoms with Crippen molar-refractivity contribution >= 4 is 5.91 Å². The molecule has 1 aromatic rings. The third-order valence-corrected chi connectivity index (χ3v) is 3.83. The van der Waals surface area contributed by atoms with Gasteiger partial charge in [0.1, 0.15) is 11.9 Å². The van der Waals surface area contributed by atoms with Gasteiger partial charge >= 0.3 is 0 Å². The maximum Gasteiger partial charge on any atom is 0.220 e. The summed E-state index contributed by atoms with van der Waals surface area (Å²) < 4.78 is 10.3. The van der Waals surface area contributed by atoms with Gasteiger partial charge in [-0.25, -0.2) is 0 Å². The molecule has 0 radical (unpaired) electrons. The standard InChI is InChI=1S/C16H23NO5/c1-21-13-4-2-3-11(7-13)5-6-15(19)17-8-12-9-22-10-14(18)16(12)20/h2-4,7,12,14,16,18,20H,5-6,8-10H2,1H3,(H,17,19)/t12-,14-,16+/m1/s1. The van der Waals surface area contributed by atoms with Gasteiger partial charge in [-0.15, -0.1) is 0 Å². The molecule has 0 bridgehead atoms. The quantitative estimate of drug-likeness (QED) is 0.694. The van der Waals surface area contributed by atoms with Gasteiger partial charge in [0.15, 0.2) is 0 Å². The first-order valence-electron chi connectivity index (χ1n) is 7.43. The van der Waals surface area contributed by atoms with Gasteiger partial charge in [0.2, 0.25) is 5.91 Å². The first-order chi connectivity index (χ1) is 10.6. The van der Waals surface area contributed by atoms with E-state index in [1.807, 2.05) is 24.3 Å². The third kappa shape index (κ3) is 4.69. The molecule has 1 heterocycles. The first kappa shape index (κ1) is 16.7. The number of methoxy groups -OCH3 is 1. The fourth-order valence-electron chi connectivity index (χ4n) is 2.45. The molecule has 2 rings (SSSR count). The van der Waals surface area contributed by atoms with E-state index in [-0.39, 0.29) is 18.4 Å². The summed E-state index contributed by atoms with van der Waals surface area (Å²) in [6, 6.07) is 7.61. The van der Waals surface area contributed by atoms with Crippen LogP contribution in [0.15, 0.2) is 24.3 Å². The lowest BCUT2D eigenvalue weighted by Gasteiger charge is -2.31. The number of benzene rings is 1. The minimum atomic E-state index is -0.882. The molecule has 0 unspecified atom stereocenters. The van der Waals surface area contributed by atoms with E-state index in [4.69, 9.17) is 9.47 Å². The SMILES string of the molecule is COc1cccc(CCC(=O)NC[C@@H]2COC[C@@H](O)[C@H]2O)c1. The minimum absolute atomic E-state index is 0.0879. The second-order valence-corrected chi connectivity index (χ2v) is 5.51. The maximum absolute atomic E-state index is 11.9. The van der Waals surface area contributed by atoms with Crippen LogP contribution in [0.2, 0.25) is 0 Å². The number of rotatable bonds is 6. The van der Waals surface area contributed by atoms with Crippen LogP contribution in [0.1, 0.15) is 12.0 Å². The maximum atomic E-state index is 11.9. The molecule has 1 aliphatic rings. The predicted octanol–water partition coefficient (Wildman–Crippen LogP) is 0.112. The zero-order valence-corrected chi connectivity index (χ0v) is 12.7. The van der Waals surface area contributed by atoms with E-state index in [1.54, 1.807) is 7.11 Å². The van der Waals surface area contributed by atoms with Crippen molar-refractivity contribution in [1.29, 1.82) is 0 Å². The highest BCUT2D eigenvalue weighted by molar-refractivity contribution is 5.76. The summed E-state index contributed by atoms with van der Waals surface area (Å²) >= 11 is 0. The van der Waals surface area contributed by atoms with E-state index in [0.29, 0.717) is 26.0 Å². The Bertz CT molecular complexity index is 493. The average Bonchev–Trinajstić information content (AvgIpc) is 2.54. The number of aryl methyl sites for hydroxylation is 1. The Morgan fingerprint density at radius 1 is 1.41 bits per heavy atom. The topological polar surface area (TPSA) is 88.0 Å². The van der Waals surface area contributed by atoms with Crippen molar-refractivity contribution in [3.05, 3.63) is 29.8 Å². The predicted molar refractivity (Wildman–Crippen MR) is 80.6 cm³/mol. The smallest absolute Gasteiger partial charge is 0.220 e. The number of amides is 1. The van der Waals surface area contributed by atoms with Crippen molar-refractivity contribution in [3.8, 4) is 5.75 Å². The van der Waals surface area contributed by atoms with Crippen LogP contribution >= 0.6 is 0 Å². The number of hydrogen-bond donors (Lipinski definition) is 3. The highest BCUT2D eigenvalue weighted by atomic mass is 16.5. The molecule has 0 aromatic heterocycles. The van der Waals surface area contributed by atoms with Gasteiger partial charge < -0.3 is 25.0 Å². The van der Waals surface area contributed by atoms with E-state index in [2.05, 4.69) is 5.32 Å². The van der Waals surface area contributed by atoms with Crippen LogP contribution in [-0.4, -0.2) is 55.2 Å². The van der Waals surface area contributed by atoms with Crippen LogP contribution in [-0.2, 0) is 16.0 Å². The Hall–Kier alpha value is -1.63. The van der Waals surface area contributed by atoms with Gasteiger partial charge in [-0.1, -0.05) is 12.1 Å². The average molecular weight is 309 g/mol. The molecule has 1 saturated heterocycles. The van der Waals surface area contributed by atoms with E-state index < -0.39 is 12.2 Å². The molecule has 0 saturated carbocycles. The second-order valence-electron chi connectivity index (χ2n) is 5.51. The lowest BCUT2D eigenvalue weighted by atomic mass is 9.96. The fourth-order valence-corrected chi connectivity index (χ4v) is 2.45. The largest absolute Gasteiger partial charge is 0.497 e. The number of carbonyl (C=O) groups is 1. The Morgan fingerprint density at radius 3 is 3.00 bits per heavy atom. The molecule has 22 heavy (non-hydrogen) atoms. The Kier molecular flexibility index (Phi) is 6.18. The Balaban J connectivity index is 1.73. The summed E-state index contributed by atoms with van der Waals surface area (Å²) in [5.74, 6) is 0.411. The molecule has 1 amide bonds. The van der Waals surface area contributed by atoms with Crippen molar-refractivity contribution in [2.45, 2.75) is 25.0 Å². The molecule has 0 aliphatic carbocycles. The number of hydrogen-bond acceptors (Lipinski definition) is 5. The Labute approximate surface area is 130 Å². The molecule has 1 aromatic carbocycles. The van der Waals surface area contributed by atoms with Crippen molar-refractivity contribution in [2.24, 2.45) is 5.92 Å². The van der Waals surface area contributed by atoms with Gasteiger partial charge in [0.05, 0.1) is 26.4 Å². The summed E-state index contributed by atoms with van der Waals surface area (Å²) in [5, 5.41) is 22.1. The molecule has 3 atom stereocenters. The van der Waals surface area contributed by atoms with E-state index in [0.717, 1.165) is 11.3 Å². The second kappa shape index (κ2) is 8.12. The lowest BCUT2D eigenvalue weighted by molar-refractivity contribution is -0.128. The summed E-state index contributed by atoms with van der Waals surface area (Å²) in [7, 11) is 1.61. The van der Waals surface area contributed by atoms with Crippen molar-refractivity contribution in [2.75, 3.05) is 26.9 Å². The number of aliphatic hydroxyl groups is 2. The molecule has 122 valence electrons. The van der Waals surface area contributed by atoms with Gasteiger partial charge in [-0.2, -0.15) is 0 Å². The molecule has 6 nitrogen and oxygen atoms in total.